The lowest BCUT2D eigenvalue weighted by atomic mass is 9.83. The predicted molar refractivity (Wildman–Crippen MR) is 84.4 cm³/mol. The van der Waals surface area contributed by atoms with Gasteiger partial charge in [0.05, 0.1) is 11.4 Å². The highest BCUT2D eigenvalue weighted by atomic mass is 16.7. The standard InChI is InChI=1S/C17H21N3O/c1-3-12-9-10-15-14(11-12)16(13-7-5-4-6-8-13)19-17(18)21-20(15)2/h4-10,14,17H,3,11,18H2,1-2H3. The van der Waals surface area contributed by atoms with Crippen molar-refractivity contribution in [2.24, 2.45) is 16.6 Å². The number of hydrogen-bond acceptors (Lipinski definition) is 4. The monoisotopic (exact) mass is 283 g/mol. The molecule has 0 radical (unpaired) electrons. The normalized spacial score (nSPS) is 25.5. The molecule has 1 aromatic rings. The highest BCUT2D eigenvalue weighted by molar-refractivity contribution is 6.04. The van der Waals surface area contributed by atoms with Gasteiger partial charge >= 0.3 is 0 Å². The number of nitrogens with zero attached hydrogens (tertiary/aromatic N) is 2. The van der Waals surface area contributed by atoms with Gasteiger partial charge in [-0.25, -0.2) is 9.83 Å². The number of hydrogen-bond donors (Lipinski definition) is 1. The van der Waals surface area contributed by atoms with Crippen LogP contribution in [-0.2, 0) is 4.84 Å². The Kier molecular flexibility index (Phi) is 3.90. The molecule has 0 bridgehead atoms. The van der Waals surface area contributed by atoms with Gasteiger partial charge in [-0.1, -0.05) is 48.9 Å². The molecule has 0 saturated heterocycles. The third-order valence-electron chi connectivity index (χ3n) is 4.06. The van der Waals surface area contributed by atoms with Gasteiger partial charge in [0.25, 0.3) is 0 Å². The van der Waals surface area contributed by atoms with Gasteiger partial charge < -0.3 is 0 Å². The van der Waals surface area contributed by atoms with Gasteiger partial charge in [-0.05, 0) is 24.5 Å². The van der Waals surface area contributed by atoms with E-state index in [2.05, 4.69) is 36.2 Å². The SMILES string of the molecule is CCC1=CC=C2C(C1)C(c1ccccc1)=NC(N)ON2C. The van der Waals surface area contributed by atoms with Gasteiger partial charge in [-0.3, -0.25) is 10.8 Å². The minimum Gasteiger partial charge on any atom is -0.285 e. The van der Waals surface area contributed by atoms with Gasteiger partial charge in [0, 0.05) is 13.0 Å². The van der Waals surface area contributed by atoms with Crippen molar-refractivity contribution in [1.29, 1.82) is 0 Å². The van der Waals surface area contributed by atoms with Crippen molar-refractivity contribution in [3.8, 4) is 0 Å². The van der Waals surface area contributed by atoms with Crippen molar-refractivity contribution in [2.45, 2.75) is 26.1 Å². The van der Waals surface area contributed by atoms with Crippen LogP contribution in [0.4, 0.5) is 0 Å². The van der Waals surface area contributed by atoms with Gasteiger partial charge in [0.1, 0.15) is 0 Å². The Morgan fingerprint density at radius 3 is 2.76 bits per heavy atom. The molecule has 2 unspecified atom stereocenters. The molecule has 0 amide bonds. The molecular weight excluding hydrogens is 262 g/mol. The summed E-state index contributed by atoms with van der Waals surface area (Å²) in [5, 5.41) is 1.76. The maximum Gasteiger partial charge on any atom is 0.226 e. The van der Waals surface area contributed by atoms with Crippen LogP contribution in [0.15, 0.2) is 58.7 Å². The molecule has 21 heavy (non-hydrogen) atoms. The largest absolute Gasteiger partial charge is 0.285 e. The molecule has 1 aromatic carbocycles. The molecular formula is C17H21N3O. The molecule has 1 heterocycles. The van der Waals surface area contributed by atoms with E-state index in [4.69, 9.17) is 10.6 Å². The minimum absolute atomic E-state index is 0.200. The van der Waals surface area contributed by atoms with E-state index in [0.717, 1.165) is 29.8 Å². The lowest BCUT2D eigenvalue weighted by Crippen LogP contribution is -2.31. The van der Waals surface area contributed by atoms with E-state index in [1.165, 1.54) is 5.57 Å². The number of aliphatic imine (C=N–C) groups is 1. The third-order valence-corrected chi connectivity index (χ3v) is 4.06. The molecule has 4 heteroatoms. The zero-order valence-corrected chi connectivity index (χ0v) is 12.5. The lowest BCUT2D eigenvalue weighted by Gasteiger charge is -2.29. The summed E-state index contributed by atoms with van der Waals surface area (Å²) in [5.41, 5.74) is 10.6. The first-order valence-electron chi connectivity index (χ1n) is 7.38. The third kappa shape index (κ3) is 2.77. The fraction of sp³-hybridized carbons (Fsp3) is 0.353. The number of rotatable bonds is 2. The zero-order chi connectivity index (χ0) is 14.8. The van der Waals surface area contributed by atoms with E-state index in [9.17, 15) is 0 Å². The maximum absolute atomic E-state index is 5.98. The number of benzene rings is 1. The molecule has 1 aliphatic heterocycles. The van der Waals surface area contributed by atoms with Crippen molar-refractivity contribution in [3.63, 3.8) is 0 Å². The smallest absolute Gasteiger partial charge is 0.226 e. The van der Waals surface area contributed by atoms with Crippen LogP contribution in [0.3, 0.4) is 0 Å². The van der Waals surface area contributed by atoms with Crippen LogP contribution in [0, 0.1) is 5.92 Å². The molecule has 1 aliphatic carbocycles. The summed E-state index contributed by atoms with van der Waals surface area (Å²) in [5.74, 6) is 0.200. The maximum atomic E-state index is 5.98. The van der Waals surface area contributed by atoms with Crippen LogP contribution in [0.25, 0.3) is 0 Å². The van der Waals surface area contributed by atoms with Gasteiger partial charge in [0.15, 0.2) is 0 Å². The molecule has 2 atom stereocenters. The Morgan fingerprint density at radius 2 is 2.05 bits per heavy atom. The summed E-state index contributed by atoms with van der Waals surface area (Å²) in [4.78, 5) is 10.2. The van der Waals surface area contributed by atoms with Crippen LogP contribution in [0.1, 0.15) is 25.3 Å². The Labute approximate surface area is 125 Å². The molecule has 2 aliphatic rings. The van der Waals surface area contributed by atoms with E-state index in [1.807, 2.05) is 25.2 Å². The van der Waals surface area contributed by atoms with E-state index in [0.29, 0.717) is 0 Å². The Balaban J connectivity index is 2.06. The van der Waals surface area contributed by atoms with Crippen molar-refractivity contribution >= 4 is 5.71 Å². The number of hydroxylamine groups is 2. The highest BCUT2D eigenvalue weighted by Gasteiger charge is 2.31. The molecule has 3 rings (SSSR count). The average Bonchev–Trinajstić information content (AvgIpc) is 2.64. The van der Waals surface area contributed by atoms with Gasteiger partial charge in [0.2, 0.25) is 6.35 Å². The van der Waals surface area contributed by atoms with Crippen LogP contribution in [0.5, 0.6) is 0 Å². The summed E-state index contributed by atoms with van der Waals surface area (Å²) >= 11 is 0. The molecule has 2 N–H and O–H groups in total. The molecule has 0 saturated carbocycles. The number of allylic oxidation sites excluding steroid dienone is 4. The fourth-order valence-corrected chi connectivity index (χ4v) is 2.94. The van der Waals surface area contributed by atoms with Crippen LogP contribution < -0.4 is 5.73 Å². The molecule has 4 nitrogen and oxygen atoms in total. The second-order valence-electron chi connectivity index (χ2n) is 5.40. The van der Waals surface area contributed by atoms with E-state index < -0.39 is 6.35 Å². The minimum atomic E-state index is -0.665. The first-order chi connectivity index (χ1) is 10.2. The topological polar surface area (TPSA) is 50.9 Å². The Morgan fingerprint density at radius 1 is 1.29 bits per heavy atom. The zero-order valence-electron chi connectivity index (χ0n) is 12.5. The second kappa shape index (κ2) is 5.84. The Bertz CT molecular complexity index is 604. The number of nitrogens with two attached hydrogens (primary N) is 1. The van der Waals surface area contributed by atoms with Gasteiger partial charge in [-0.2, -0.15) is 0 Å². The summed E-state index contributed by atoms with van der Waals surface area (Å²) < 4.78 is 0. The predicted octanol–water partition coefficient (Wildman–Crippen LogP) is 2.84. The quantitative estimate of drug-likeness (QED) is 0.908. The van der Waals surface area contributed by atoms with Crippen LogP contribution in [0.2, 0.25) is 0 Å². The molecule has 0 aromatic heterocycles. The van der Waals surface area contributed by atoms with Crippen LogP contribution >= 0.6 is 0 Å². The van der Waals surface area contributed by atoms with Crippen molar-refractivity contribution in [1.82, 2.24) is 5.06 Å². The van der Waals surface area contributed by atoms with Gasteiger partial charge in [-0.15, -0.1) is 0 Å². The van der Waals surface area contributed by atoms with E-state index in [-0.39, 0.29) is 5.92 Å². The number of fused-ring (bicyclic) bond motifs is 1. The first kappa shape index (κ1) is 14.0. The summed E-state index contributed by atoms with van der Waals surface area (Å²) in [6.45, 7) is 2.19. The van der Waals surface area contributed by atoms with Crippen LogP contribution in [-0.4, -0.2) is 24.2 Å². The van der Waals surface area contributed by atoms with E-state index >= 15 is 0 Å². The summed E-state index contributed by atoms with van der Waals surface area (Å²) in [7, 11) is 1.90. The average molecular weight is 283 g/mol. The van der Waals surface area contributed by atoms with Crippen molar-refractivity contribution in [2.75, 3.05) is 7.05 Å². The summed E-state index contributed by atoms with van der Waals surface area (Å²) in [6.07, 6.45) is 5.67. The molecule has 0 spiro atoms. The first-order valence-corrected chi connectivity index (χ1v) is 7.38. The van der Waals surface area contributed by atoms with Crippen molar-refractivity contribution in [3.05, 3.63) is 59.3 Å². The van der Waals surface area contributed by atoms with Crippen molar-refractivity contribution < 1.29 is 4.84 Å². The Hall–Kier alpha value is -1.91. The van der Waals surface area contributed by atoms with E-state index in [1.54, 1.807) is 5.06 Å². The highest BCUT2D eigenvalue weighted by Crippen LogP contribution is 2.34. The molecule has 0 fully saturated rings. The summed E-state index contributed by atoms with van der Waals surface area (Å²) in [6, 6.07) is 10.2. The molecule has 110 valence electrons. The second-order valence-corrected chi connectivity index (χ2v) is 5.40. The fourth-order valence-electron chi connectivity index (χ4n) is 2.94. The lowest BCUT2D eigenvalue weighted by molar-refractivity contribution is -0.152.